The van der Waals surface area contributed by atoms with E-state index in [1.807, 2.05) is 19.9 Å². The maximum Gasteiger partial charge on any atom is 0.220 e. The normalized spacial score (nSPS) is 18.7. The highest BCUT2D eigenvalue weighted by molar-refractivity contribution is 5.76. The van der Waals surface area contributed by atoms with Crippen LogP contribution in [0, 0.1) is 5.82 Å². The van der Waals surface area contributed by atoms with Gasteiger partial charge in [-0.05, 0) is 37.0 Å². The van der Waals surface area contributed by atoms with Gasteiger partial charge in [0.1, 0.15) is 5.82 Å². The molecule has 1 aromatic rings. The van der Waals surface area contributed by atoms with Crippen LogP contribution < -0.4 is 5.32 Å². The van der Waals surface area contributed by atoms with Crippen molar-refractivity contribution in [2.75, 3.05) is 13.2 Å². The summed E-state index contributed by atoms with van der Waals surface area (Å²) in [5.41, 5.74) is 0.601. The van der Waals surface area contributed by atoms with Crippen LogP contribution >= 0.6 is 0 Å². The molecular weight excluding hydrogens is 269 g/mol. The zero-order chi connectivity index (χ0) is 15.3. The molecule has 1 aliphatic rings. The van der Waals surface area contributed by atoms with Crippen molar-refractivity contribution in [3.63, 3.8) is 0 Å². The van der Waals surface area contributed by atoms with E-state index in [1.165, 1.54) is 12.1 Å². The van der Waals surface area contributed by atoms with Gasteiger partial charge < -0.3 is 10.1 Å². The highest BCUT2D eigenvalue weighted by Crippen LogP contribution is 2.23. The molecule has 1 fully saturated rings. The van der Waals surface area contributed by atoms with E-state index in [1.54, 1.807) is 6.07 Å². The van der Waals surface area contributed by atoms with Gasteiger partial charge in [0, 0.05) is 25.0 Å². The summed E-state index contributed by atoms with van der Waals surface area (Å²) < 4.78 is 18.8. The third kappa shape index (κ3) is 4.81. The quantitative estimate of drug-likeness (QED) is 0.875. The van der Waals surface area contributed by atoms with Crippen molar-refractivity contribution in [2.45, 2.75) is 51.0 Å². The summed E-state index contributed by atoms with van der Waals surface area (Å²) >= 11 is 0. The molecule has 1 unspecified atom stereocenters. The molecule has 0 aromatic heterocycles. The molecule has 1 atom stereocenters. The van der Waals surface area contributed by atoms with Crippen molar-refractivity contribution in [1.29, 1.82) is 0 Å². The average Bonchev–Trinajstić information content (AvgIpc) is 2.96. The fraction of sp³-hybridized carbons (Fsp3) is 0.588. The first-order chi connectivity index (χ1) is 9.97. The molecule has 0 radical (unpaired) electrons. The molecule has 0 bridgehead atoms. The minimum atomic E-state index is -0.290. The number of hydrogen-bond acceptors (Lipinski definition) is 2. The maximum absolute atomic E-state index is 13.3. The number of carbonyl (C=O) groups is 1. The van der Waals surface area contributed by atoms with Gasteiger partial charge in [-0.25, -0.2) is 4.39 Å². The zero-order valence-electron chi connectivity index (χ0n) is 12.8. The molecule has 0 spiro atoms. The summed E-state index contributed by atoms with van der Waals surface area (Å²) in [6, 6.07) is 6.55. The van der Waals surface area contributed by atoms with Crippen molar-refractivity contribution in [2.24, 2.45) is 0 Å². The van der Waals surface area contributed by atoms with E-state index in [0.29, 0.717) is 13.0 Å². The van der Waals surface area contributed by atoms with Crippen molar-refractivity contribution in [3.05, 3.63) is 35.6 Å². The summed E-state index contributed by atoms with van der Waals surface area (Å²) in [6.07, 6.45) is 3.67. The first kappa shape index (κ1) is 16.0. The second-order valence-electron chi connectivity index (χ2n) is 6.34. The lowest BCUT2D eigenvalue weighted by molar-refractivity contribution is -0.121. The standard InChI is InChI=1S/C17H24FNO2/c1-17(2,13-5-3-6-14(18)11-13)12-19-16(20)9-8-15-7-4-10-21-15/h3,5-6,11,15H,4,7-10,12H2,1-2H3,(H,19,20). The summed E-state index contributed by atoms with van der Waals surface area (Å²) in [6.45, 7) is 5.32. The monoisotopic (exact) mass is 293 g/mol. The van der Waals surface area contributed by atoms with E-state index in [-0.39, 0.29) is 23.2 Å². The second kappa shape index (κ2) is 7.03. The Hall–Kier alpha value is -1.42. The molecule has 1 saturated heterocycles. The molecule has 2 rings (SSSR count). The molecular formula is C17H24FNO2. The van der Waals surface area contributed by atoms with E-state index in [0.717, 1.165) is 31.4 Å². The lowest BCUT2D eigenvalue weighted by Crippen LogP contribution is -2.36. The number of halogens is 1. The first-order valence-corrected chi connectivity index (χ1v) is 7.62. The van der Waals surface area contributed by atoms with Gasteiger partial charge in [0.15, 0.2) is 0 Å². The molecule has 1 aromatic carbocycles. The first-order valence-electron chi connectivity index (χ1n) is 7.62. The minimum absolute atomic E-state index is 0.0370. The Labute approximate surface area is 125 Å². The Morgan fingerprint density at radius 3 is 2.95 bits per heavy atom. The van der Waals surface area contributed by atoms with Crippen LogP contribution in [-0.2, 0) is 14.9 Å². The summed E-state index contributed by atoms with van der Waals surface area (Å²) in [4.78, 5) is 11.9. The third-order valence-corrected chi connectivity index (χ3v) is 4.05. The van der Waals surface area contributed by atoms with Gasteiger partial charge in [-0.15, -0.1) is 0 Å². The molecule has 4 heteroatoms. The van der Waals surface area contributed by atoms with E-state index in [9.17, 15) is 9.18 Å². The minimum Gasteiger partial charge on any atom is -0.378 e. The van der Waals surface area contributed by atoms with Crippen LogP contribution in [0.5, 0.6) is 0 Å². The molecule has 1 aliphatic heterocycles. The second-order valence-corrected chi connectivity index (χ2v) is 6.34. The van der Waals surface area contributed by atoms with Gasteiger partial charge in [-0.2, -0.15) is 0 Å². The Morgan fingerprint density at radius 1 is 1.48 bits per heavy atom. The molecule has 3 nitrogen and oxygen atoms in total. The summed E-state index contributed by atoms with van der Waals surface area (Å²) in [7, 11) is 0. The number of amides is 1. The van der Waals surface area contributed by atoms with Gasteiger partial charge in [0.05, 0.1) is 6.10 Å². The van der Waals surface area contributed by atoms with Crippen LogP contribution in [0.15, 0.2) is 24.3 Å². The number of rotatable bonds is 6. The van der Waals surface area contributed by atoms with Gasteiger partial charge in [0.2, 0.25) is 5.91 Å². The van der Waals surface area contributed by atoms with E-state index in [2.05, 4.69) is 5.32 Å². The molecule has 1 N–H and O–H groups in total. The average molecular weight is 293 g/mol. The maximum atomic E-state index is 13.3. The number of hydrogen-bond donors (Lipinski definition) is 1. The van der Waals surface area contributed by atoms with Crippen LogP contribution in [0.25, 0.3) is 0 Å². The van der Waals surface area contributed by atoms with Crippen LogP contribution in [0.4, 0.5) is 4.39 Å². The molecule has 1 amide bonds. The lowest BCUT2D eigenvalue weighted by atomic mass is 9.84. The van der Waals surface area contributed by atoms with Crippen molar-refractivity contribution >= 4 is 5.91 Å². The van der Waals surface area contributed by atoms with E-state index < -0.39 is 0 Å². The predicted molar refractivity (Wildman–Crippen MR) is 80.6 cm³/mol. The van der Waals surface area contributed by atoms with Gasteiger partial charge in [0.25, 0.3) is 0 Å². The SMILES string of the molecule is CC(C)(CNC(=O)CCC1CCCO1)c1cccc(F)c1. The highest BCUT2D eigenvalue weighted by atomic mass is 19.1. The Kier molecular flexibility index (Phi) is 5.34. The molecule has 1 heterocycles. The van der Waals surface area contributed by atoms with Crippen LogP contribution in [0.1, 0.15) is 45.1 Å². The van der Waals surface area contributed by atoms with Crippen molar-refractivity contribution in [1.82, 2.24) is 5.32 Å². The highest BCUT2D eigenvalue weighted by Gasteiger charge is 2.22. The Bertz CT molecular complexity index is 481. The fourth-order valence-electron chi connectivity index (χ4n) is 2.58. The van der Waals surface area contributed by atoms with Gasteiger partial charge >= 0.3 is 0 Å². The molecule has 0 saturated carbocycles. The number of ether oxygens (including phenoxy) is 1. The van der Waals surface area contributed by atoms with E-state index in [4.69, 9.17) is 4.74 Å². The Balaban J connectivity index is 1.79. The number of benzene rings is 1. The zero-order valence-corrected chi connectivity index (χ0v) is 12.8. The molecule has 0 aliphatic carbocycles. The summed E-state index contributed by atoms with van der Waals surface area (Å²) in [5, 5.41) is 2.95. The largest absolute Gasteiger partial charge is 0.378 e. The van der Waals surface area contributed by atoms with Crippen LogP contribution in [-0.4, -0.2) is 25.2 Å². The molecule has 116 valence electrons. The van der Waals surface area contributed by atoms with Crippen molar-refractivity contribution in [3.8, 4) is 0 Å². The third-order valence-electron chi connectivity index (χ3n) is 4.05. The number of nitrogens with one attached hydrogen (secondary N) is 1. The van der Waals surface area contributed by atoms with Gasteiger partial charge in [-0.3, -0.25) is 4.79 Å². The Morgan fingerprint density at radius 2 is 2.29 bits per heavy atom. The van der Waals surface area contributed by atoms with Crippen LogP contribution in [0.3, 0.4) is 0 Å². The summed E-state index contributed by atoms with van der Waals surface area (Å²) in [5.74, 6) is -0.208. The lowest BCUT2D eigenvalue weighted by Gasteiger charge is -2.25. The van der Waals surface area contributed by atoms with E-state index >= 15 is 0 Å². The topological polar surface area (TPSA) is 38.3 Å². The van der Waals surface area contributed by atoms with Gasteiger partial charge in [-0.1, -0.05) is 26.0 Å². The number of carbonyl (C=O) groups excluding carboxylic acids is 1. The fourth-order valence-corrected chi connectivity index (χ4v) is 2.58. The van der Waals surface area contributed by atoms with Crippen LogP contribution in [0.2, 0.25) is 0 Å². The predicted octanol–water partition coefficient (Wildman–Crippen LogP) is 3.18. The smallest absolute Gasteiger partial charge is 0.220 e. The molecule has 21 heavy (non-hydrogen) atoms. The van der Waals surface area contributed by atoms with Crippen molar-refractivity contribution < 1.29 is 13.9 Å².